The van der Waals surface area contributed by atoms with Crippen LogP contribution >= 0.6 is 0 Å². The molecule has 0 fully saturated rings. The Labute approximate surface area is 58.1 Å². The summed E-state index contributed by atoms with van der Waals surface area (Å²) in [5.74, 6) is 2.12. The third-order valence-corrected chi connectivity index (χ3v) is 0.842. The molecule has 0 saturated carbocycles. The van der Waals surface area contributed by atoms with E-state index in [0.717, 1.165) is 0 Å². The van der Waals surface area contributed by atoms with Gasteiger partial charge in [-0.3, -0.25) is 4.84 Å². The number of hydrazine groups is 1. The summed E-state index contributed by atoms with van der Waals surface area (Å²) in [6, 6.07) is 0. The van der Waals surface area contributed by atoms with Crippen molar-refractivity contribution >= 4 is 0 Å². The highest BCUT2D eigenvalue weighted by Crippen LogP contribution is 2.02. The predicted octanol–water partition coefficient (Wildman–Crippen LogP) is -2.21. The fourth-order valence-corrected chi connectivity index (χ4v) is 0.440. The van der Waals surface area contributed by atoms with E-state index in [1.807, 2.05) is 5.59 Å². The van der Waals surface area contributed by atoms with Crippen molar-refractivity contribution in [2.24, 2.45) is 5.84 Å². The number of hydrogen-bond donors (Lipinski definition) is 5. The van der Waals surface area contributed by atoms with Crippen molar-refractivity contribution in [3.8, 4) is 0 Å². The zero-order chi connectivity index (χ0) is 8.04. The van der Waals surface area contributed by atoms with Crippen LogP contribution in [0, 0.1) is 0 Å². The molecule has 0 aromatic rings. The second-order valence-corrected chi connectivity index (χ2v) is 1.84. The van der Waals surface area contributed by atoms with Gasteiger partial charge >= 0.3 is 0 Å². The second kappa shape index (κ2) is 4.56. The predicted molar refractivity (Wildman–Crippen MR) is 31.9 cm³/mol. The molecule has 0 bridgehead atoms. The summed E-state index contributed by atoms with van der Waals surface area (Å²) in [6.45, 7) is 0.208. The van der Waals surface area contributed by atoms with Crippen LogP contribution in [-0.4, -0.2) is 27.9 Å². The molecule has 0 heterocycles. The van der Waals surface area contributed by atoms with E-state index in [2.05, 4.69) is 4.84 Å². The highest BCUT2D eigenvalue weighted by Gasteiger charge is 2.16. The Morgan fingerprint density at radius 2 is 2.00 bits per heavy atom. The van der Waals surface area contributed by atoms with E-state index in [0.29, 0.717) is 6.42 Å². The minimum Gasteiger partial charge on any atom is -0.344 e. The summed E-state index contributed by atoms with van der Waals surface area (Å²) in [4.78, 5) is 4.42. The molecule has 0 rings (SSSR count). The van der Waals surface area contributed by atoms with Gasteiger partial charge in [0.25, 0.3) is 5.97 Å². The standard InChI is InChI=1S/C4H12N2O4/c5-6-10-3-1-2-4(7,8)9/h6-9H,1-3,5H2. The van der Waals surface area contributed by atoms with Gasteiger partial charge in [-0.1, -0.05) is 0 Å². The topological polar surface area (TPSA) is 108 Å². The molecule has 0 unspecified atom stereocenters. The summed E-state index contributed by atoms with van der Waals surface area (Å²) < 4.78 is 0. The van der Waals surface area contributed by atoms with Crippen molar-refractivity contribution < 1.29 is 20.2 Å². The van der Waals surface area contributed by atoms with Gasteiger partial charge in [0.15, 0.2) is 0 Å². The molecule has 0 aromatic heterocycles. The number of nitrogens with one attached hydrogen (secondary N) is 1. The van der Waals surface area contributed by atoms with Crippen molar-refractivity contribution in [2.75, 3.05) is 6.61 Å². The molecule has 0 spiro atoms. The van der Waals surface area contributed by atoms with Crippen LogP contribution in [-0.2, 0) is 4.84 Å². The molecule has 0 saturated heterocycles. The van der Waals surface area contributed by atoms with Crippen LogP contribution in [0.1, 0.15) is 12.8 Å². The van der Waals surface area contributed by atoms with Gasteiger partial charge in [0.2, 0.25) is 0 Å². The lowest BCUT2D eigenvalue weighted by atomic mass is 10.3. The summed E-state index contributed by atoms with van der Waals surface area (Å²) in [5, 5.41) is 25.0. The molecule has 62 valence electrons. The fourth-order valence-electron chi connectivity index (χ4n) is 0.440. The van der Waals surface area contributed by atoms with Gasteiger partial charge < -0.3 is 15.3 Å². The van der Waals surface area contributed by atoms with Gasteiger partial charge in [-0.2, -0.15) is 0 Å². The molecule has 6 nitrogen and oxygen atoms in total. The summed E-state index contributed by atoms with van der Waals surface area (Å²) in [7, 11) is 0. The van der Waals surface area contributed by atoms with Crippen LogP contribution in [0.25, 0.3) is 0 Å². The first-order chi connectivity index (χ1) is 4.56. The monoisotopic (exact) mass is 152 g/mol. The zero-order valence-corrected chi connectivity index (χ0v) is 5.45. The molecule has 6 heteroatoms. The van der Waals surface area contributed by atoms with Crippen LogP contribution in [0.15, 0.2) is 0 Å². The molecular weight excluding hydrogens is 140 g/mol. The van der Waals surface area contributed by atoms with Gasteiger partial charge in [-0.15, -0.1) is 5.59 Å². The van der Waals surface area contributed by atoms with E-state index in [9.17, 15) is 0 Å². The van der Waals surface area contributed by atoms with Crippen LogP contribution in [0.4, 0.5) is 0 Å². The quantitative estimate of drug-likeness (QED) is 0.132. The number of hydrogen-bond acceptors (Lipinski definition) is 6. The molecule has 0 aliphatic heterocycles. The molecule has 0 aliphatic carbocycles. The molecular formula is C4H12N2O4. The van der Waals surface area contributed by atoms with E-state index in [1.54, 1.807) is 0 Å². The fraction of sp³-hybridized carbons (Fsp3) is 1.00. The summed E-state index contributed by atoms with van der Waals surface area (Å²) in [6.07, 6.45) is 0.127. The molecule has 0 aliphatic rings. The Hall–Kier alpha value is -0.240. The van der Waals surface area contributed by atoms with E-state index >= 15 is 0 Å². The van der Waals surface area contributed by atoms with Gasteiger partial charge in [-0.25, -0.2) is 5.84 Å². The third-order valence-electron chi connectivity index (χ3n) is 0.842. The van der Waals surface area contributed by atoms with E-state index in [-0.39, 0.29) is 13.0 Å². The summed E-state index contributed by atoms with van der Waals surface area (Å²) >= 11 is 0. The van der Waals surface area contributed by atoms with E-state index in [1.165, 1.54) is 0 Å². The lowest BCUT2D eigenvalue weighted by Gasteiger charge is -2.12. The highest BCUT2D eigenvalue weighted by atomic mass is 16.7. The van der Waals surface area contributed by atoms with Crippen molar-refractivity contribution in [3.63, 3.8) is 0 Å². The lowest BCUT2D eigenvalue weighted by molar-refractivity contribution is -0.315. The van der Waals surface area contributed by atoms with Crippen LogP contribution in [0.3, 0.4) is 0 Å². The van der Waals surface area contributed by atoms with Crippen LogP contribution < -0.4 is 11.4 Å². The third kappa shape index (κ3) is 7.76. The Morgan fingerprint density at radius 3 is 2.40 bits per heavy atom. The Balaban J connectivity index is 3.04. The average molecular weight is 152 g/mol. The van der Waals surface area contributed by atoms with Crippen molar-refractivity contribution in [1.29, 1.82) is 0 Å². The molecule has 0 radical (unpaired) electrons. The van der Waals surface area contributed by atoms with Gasteiger partial charge in [0.05, 0.1) is 6.61 Å². The Bertz CT molecular complexity index is 81.8. The largest absolute Gasteiger partial charge is 0.344 e. The summed E-state index contributed by atoms with van der Waals surface area (Å²) in [5.41, 5.74) is 1.91. The maximum absolute atomic E-state index is 8.32. The smallest absolute Gasteiger partial charge is 0.275 e. The maximum Gasteiger partial charge on any atom is 0.275 e. The Morgan fingerprint density at radius 1 is 1.40 bits per heavy atom. The Kier molecular flexibility index (Phi) is 4.45. The highest BCUT2D eigenvalue weighted by molar-refractivity contribution is 4.46. The first-order valence-corrected chi connectivity index (χ1v) is 2.81. The van der Waals surface area contributed by atoms with Crippen molar-refractivity contribution in [1.82, 2.24) is 5.59 Å². The minimum absolute atomic E-state index is 0.172. The first kappa shape index (κ1) is 9.76. The van der Waals surface area contributed by atoms with E-state index < -0.39 is 5.97 Å². The van der Waals surface area contributed by atoms with Crippen molar-refractivity contribution in [3.05, 3.63) is 0 Å². The minimum atomic E-state index is -2.60. The van der Waals surface area contributed by atoms with Crippen LogP contribution in [0.2, 0.25) is 0 Å². The molecule has 6 N–H and O–H groups in total. The molecule has 10 heavy (non-hydrogen) atoms. The second-order valence-electron chi connectivity index (χ2n) is 1.84. The zero-order valence-electron chi connectivity index (χ0n) is 5.45. The molecule has 0 atom stereocenters. The van der Waals surface area contributed by atoms with Crippen LogP contribution in [0.5, 0.6) is 0 Å². The molecule has 0 amide bonds. The first-order valence-electron chi connectivity index (χ1n) is 2.81. The average Bonchev–Trinajstić information content (AvgIpc) is 1.78. The van der Waals surface area contributed by atoms with Crippen molar-refractivity contribution in [2.45, 2.75) is 18.8 Å². The van der Waals surface area contributed by atoms with Gasteiger partial charge in [0.1, 0.15) is 0 Å². The number of nitrogens with two attached hydrogens (primary N) is 1. The maximum atomic E-state index is 8.32. The number of aliphatic hydroxyl groups is 3. The lowest BCUT2D eigenvalue weighted by Crippen LogP contribution is -2.28. The van der Waals surface area contributed by atoms with Gasteiger partial charge in [-0.05, 0) is 6.42 Å². The van der Waals surface area contributed by atoms with Gasteiger partial charge in [0, 0.05) is 6.42 Å². The normalized spacial score (nSPS) is 12.0. The number of rotatable bonds is 5. The SMILES string of the molecule is NNOCCCC(O)(O)O. The van der Waals surface area contributed by atoms with E-state index in [4.69, 9.17) is 21.2 Å². The molecule has 0 aromatic carbocycles.